The summed E-state index contributed by atoms with van der Waals surface area (Å²) >= 11 is 0. The largest absolute Gasteiger partial charge is 0.393 e. The van der Waals surface area contributed by atoms with E-state index in [4.69, 9.17) is 10.5 Å². The Bertz CT molecular complexity index is 162. The first-order valence-electron chi connectivity index (χ1n) is 6.33. The maximum Gasteiger partial charge on any atom is 0.0580 e. The van der Waals surface area contributed by atoms with E-state index in [2.05, 4.69) is 0 Å². The van der Waals surface area contributed by atoms with Crippen molar-refractivity contribution in [3.63, 3.8) is 0 Å². The standard InChI is InChI=1S/C12H23NO2/c13-9-1-5-11(6-2-9)15-12-7-3-10(14)4-8-12/h9-12,14H,1-8,13H2. The molecule has 0 atom stereocenters. The van der Waals surface area contributed by atoms with Crippen LogP contribution in [0.25, 0.3) is 0 Å². The van der Waals surface area contributed by atoms with E-state index in [1.807, 2.05) is 0 Å². The van der Waals surface area contributed by atoms with Crippen LogP contribution < -0.4 is 5.73 Å². The monoisotopic (exact) mass is 213 g/mol. The third kappa shape index (κ3) is 3.44. The molecule has 2 aliphatic rings. The highest BCUT2D eigenvalue weighted by molar-refractivity contribution is 4.78. The predicted octanol–water partition coefficient (Wildman–Crippen LogP) is 1.58. The fourth-order valence-electron chi connectivity index (χ4n) is 2.68. The van der Waals surface area contributed by atoms with Crippen LogP contribution >= 0.6 is 0 Å². The van der Waals surface area contributed by atoms with Crippen molar-refractivity contribution in [3.05, 3.63) is 0 Å². The van der Waals surface area contributed by atoms with Crippen LogP contribution in [0.15, 0.2) is 0 Å². The molecule has 0 aliphatic heterocycles. The zero-order chi connectivity index (χ0) is 10.7. The molecule has 0 heterocycles. The molecule has 2 fully saturated rings. The van der Waals surface area contributed by atoms with E-state index < -0.39 is 0 Å². The summed E-state index contributed by atoms with van der Waals surface area (Å²) in [6.45, 7) is 0. The highest BCUT2D eigenvalue weighted by Gasteiger charge is 2.25. The van der Waals surface area contributed by atoms with Crippen LogP contribution in [-0.2, 0) is 4.74 Å². The van der Waals surface area contributed by atoms with Gasteiger partial charge in [-0.15, -0.1) is 0 Å². The van der Waals surface area contributed by atoms with Crippen molar-refractivity contribution in [1.29, 1.82) is 0 Å². The molecular formula is C12H23NO2. The molecule has 2 rings (SSSR count). The highest BCUT2D eigenvalue weighted by atomic mass is 16.5. The summed E-state index contributed by atoms with van der Waals surface area (Å²) in [6, 6.07) is 0.401. The summed E-state index contributed by atoms with van der Waals surface area (Å²) in [7, 11) is 0. The second-order valence-electron chi connectivity index (χ2n) is 5.10. The molecular weight excluding hydrogens is 190 g/mol. The van der Waals surface area contributed by atoms with Crippen molar-refractivity contribution < 1.29 is 9.84 Å². The summed E-state index contributed by atoms with van der Waals surface area (Å²) in [4.78, 5) is 0. The molecule has 88 valence electrons. The lowest BCUT2D eigenvalue weighted by Crippen LogP contribution is -2.34. The van der Waals surface area contributed by atoms with E-state index in [1.165, 1.54) is 0 Å². The van der Waals surface area contributed by atoms with Crippen LogP contribution in [0.2, 0.25) is 0 Å². The minimum Gasteiger partial charge on any atom is -0.393 e. The molecule has 0 saturated heterocycles. The van der Waals surface area contributed by atoms with Gasteiger partial charge in [-0.3, -0.25) is 0 Å². The Morgan fingerprint density at radius 2 is 1.27 bits per heavy atom. The molecule has 0 radical (unpaired) electrons. The van der Waals surface area contributed by atoms with Gasteiger partial charge < -0.3 is 15.6 Å². The SMILES string of the molecule is NC1CCC(OC2CCC(O)CC2)CC1. The third-order valence-corrected chi connectivity index (χ3v) is 3.75. The van der Waals surface area contributed by atoms with Crippen LogP contribution in [0.1, 0.15) is 51.4 Å². The minimum atomic E-state index is -0.0790. The van der Waals surface area contributed by atoms with Crippen LogP contribution in [0.5, 0.6) is 0 Å². The maximum atomic E-state index is 9.40. The highest BCUT2D eigenvalue weighted by Crippen LogP contribution is 2.27. The number of ether oxygens (including phenoxy) is 1. The van der Waals surface area contributed by atoms with E-state index in [9.17, 15) is 5.11 Å². The first-order valence-corrected chi connectivity index (χ1v) is 6.33. The van der Waals surface area contributed by atoms with Gasteiger partial charge in [0, 0.05) is 6.04 Å². The van der Waals surface area contributed by atoms with Gasteiger partial charge in [-0.25, -0.2) is 0 Å². The Hall–Kier alpha value is -0.120. The van der Waals surface area contributed by atoms with Crippen molar-refractivity contribution in [3.8, 4) is 0 Å². The van der Waals surface area contributed by atoms with Crippen LogP contribution in [0.3, 0.4) is 0 Å². The van der Waals surface area contributed by atoms with Gasteiger partial charge in [-0.1, -0.05) is 0 Å². The van der Waals surface area contributed by atoms with Gasteiger partial charge in [0.1, 0.15) is 0 Å². The quantitative estimate of drug-likeness (QED) is 0.732. The fraction of sp³-hybridized carbons (Fsp3) is 1.00. The Labute approximate surface area is 92.0 Å². The number of rotatable bonds is 2. The first kappa shape index (κ1) is 11.4. The van der Waals surface area contributed by atoms with Crippen molar-refractivity contribution in [2.24, 2.45) is 5.73 Å². The zero-order valence-corrected chi connectivity index (χ0v) is 9.40. The van der Waals surface area contributed by atoms with Crippen molar-refractivity contribution in [1.82, 2.24) is 0 Å². The van der Waals surface area contributed by atoms with Crippen molar-refractivity contribution >= 4 is 0 Å². The average molecular weight is 213 g/mol. The van der Waals surface area contributed by atoms with Crippen molar-refractivity contribution in [2.45, 2.75) is 75.7 Å². The summed E-state index contributed by atoms with van der Waals surface area (Å²) in [5, 5.41) is 9.40. The lowest BCUT2D eigenvalue weighted by atomic mass is 9.92. The van der Waals surface area contributed by atoms with Gasteiger partial charge in [0.05, 0.1) is 18.3 Å². The molecule has 0 spiro atoms. The number of aliphatic hydroxyl groups is 1. The molecule has 0 unspecified atom stereocenters. The molecule has 15 heavy (non-hydrogen) atoms. The summed E-state index contributed by atoms with van der Waals surface area (Å²) in [5.74, 6) is 0. The second-order valence-corrected chi connectivity index (χ2v) is 5.10. The number of aliphatic hydroxyl groups excluding tert-OH is 1. The lowest BCUT2D eigenvalue weighted by Gasteiger charge is -2.32. The molecule has 3 heteroatoms. The molecule has 2 aliphatic carbocycles. The van der Waals surface area contributed by atoms with Crippen LogP contribution in [-0.4, -0.2) is 29.5 Å². The number of hydrogen-bond donors (Lipinski definition) is 2. The van der Waals surface area contributed by atoms with E-state index in [-0.39, 0.29) is 6.10 Å². The van der Waals surface area contributed by atoms with Gasteiger partial charge in [0.2, 0.25) is 0 Å². The second kappa shape index (κ2) is 5.28. The first-order chi connectivity index (χ1) is 7.24. The minimum absolute atomic E-state index is 0.0790. The molecule has 0 aromatic carbocycles. The van der Waals surface area contributed by atoms with Crippen molar-refractivity contribution in [2.75, 3.05) is 0 Å². The zero-order valence-electron chi connectivity index (χ0n) is 9.40. The molecule has 0 aromatic heterocycles. The number of nitrogens with two attached hydrogens (primary N) is 1. The molecule has 0 amide bonds. The van der Waals surface area contributed by atoms with Crippen LogP contribution in [0, 0.1) is 0 Å². The fourth-order valence-corrected chi connectivity index (χ4v) is 2.68. The molecule has 0 aromatic rings. The smallest absolute Gasteiger partial charge is 0.0580 e. The van der Waals surface area contributed by atoms with Gasteiger partial charge in [0.15, 0.2) is 0 Å². The average Bonchev–Trinajstić information content (AvgIpc) is 2.25. The normalized spacial score (nSPS) is 42.8. The third-order valence-electron chi connectivity index (χ3n) is 3.75. The van der Waals surface area contributed by atoms with E-state index in [0.29, 0.717) is 18.2 Å². The lowest BCUT2D eigenvalue weighted by molar-refractivity contribution is -0.0615. The Balaban J connectivity index is 1.68. The number of hydrogen-bond acceptors (Lipinski definition) is 3. The molecule has 0 bridgehead atoms. The Morgan fingerprint density at radius 1 is 0.800 bits per heavy atom. The summed E-state index contributed by atoms with van der Waals surface area (Å²) in [5.41, 5.74) is 5.86. The Kier molecular flexibility index (Phi) is 4.00. The van der Waals surface area contributed by atoms with E-state index in [0.717, 1.165) is 51.4 Å². The molecule has 3 N–H and O–H groups in total. The Morgan fingerprint density at radius 3 is 1.80 bits per heavy atom. The predicted molar refractivity (Wildman–Crippen MR) is 59.6 cm³/mol. The van der Waals surface area contributed by atoms with E-state index in [1.54, 1.807) is 0 Å². The molecule has 3 nitrogen and oxygen atoms in total. The van der Waals surface area contributed by atoms with Crippen LogP contribution in [0.4, 0.5) is 0 Å². The summed E-state index contributed by atoms with van der Waals surface area (Å²) < 4.78 is 6.06. The topological polar surface area (TPSA) is 55.5 Å². The maximum absolute atomic E-state index is 9.40. The van der Waals surface area contributed by atoms with Gasteiger partial charge in [-0.05, 0) is 51.4 Å². The molecule has 2 saturated carbocycles. The van der Waals surface area contributed by atoms with Gasteiger partial charge in [0.25, 0.3) is 0 Å². The summed E-state index contributed by atoms with van der Waals surface area (Å²) in [6.07, 6.45) is 9.12. The van der Waals surface area contributed by atoms with Gasteiger partial charge >= 0.3 is 0 Å². The van der Waals surface area contributed by atoms with E-state index >= 15 is 0 Å². The van der Waals surface area contributed by atoms with Gasteiger partial charge in [-0.2, -0.15) is 0 Å².